The highest BCUT2D eigenvalue weighted by Gasteiger charge is 2.31. The maximum absolute atomic E-state index is 12.2. The molecule has 126 valence electrons. The molecular weight excluding hydrogens is 326 g/mol. The van der Waals surface area contributed by atoms with Crippen molar-refractivity contribution in [2.45, 2.75) is 19.0 Å². The molecule has 0 unspecified atom stereocenters. The van der Waals surface area contributed by atoms with Crippen molar-refractivity contribution < 1.29 is 14.3 Å². The molecule has 2 N–H and O–H groups in total. The summed E-state index contributed by atoms with van der Waals surface area (Å²) >= 11 is 1.59. The quantitative estimate of drug-likeness (QED) is 0.874. The third-order valence-corrected chi connectivity index (χ3v) is 4.72. The molecule has 1 atom stereocenters. The SMILES string of the molecule is COc1ccc(N2C[C@@H](NC(=O)NCc3cccs3)CC2=O)cc1. The van der Waals surface area contributed by atoms with Gasteiger partial charge in [-0.1, -0.05) is 6.07 Å². The van der Waals surface area contributed by atoms with E-state index in [1.54, 1.807) is 23.3 Å². The van der Waals surface area contributed by atoms with Gasteiger partial charge in [0.1, 0.15) is 5.75 Å². The number of hydrogen-bond donors (Lipinski definition) is 2. The minimum absolute atomic E-state index is 0.00345. The van der Waals surface area contributed by atoms with Crippen molar-refractivity contribution in [1.29, 1.82) is 0 Å². The number of ether oxygens (including phenoxy) is 1. The zero-order chi connectivity index (χ0) is 16.9. The first-order valence-corrected chi connectivity index (χ1v) is 8.55. The first-order chi connectivity index (χ1) is 11.7. The van der Waals surface area contributed by atoms with Crippen LogP contribution in [0.4, 0.5) is 10.5 Å². The smallest absolute Gasteiger partial charge is 0.315 e. The number of nitrogens with one attached hydrogen (secondary N) is 2. The van der Waals surface area contributed by atoms with Gasteiger partial charge < -0.3 is 20.3 Å². The average molecular weight is 345 g/mol. The van der Waals surface area contributed by atoms with E-state index in [9.17, 15) is 9.59 Å². The van der Waals surface area contributed by atoms with E-state index < -0.39 is 0 Å². The Balaban J connectivity index is 1.53. The van der Waals surface area contributed by atoms with Gasteiger partial charge in [0.2, 0.25) is 5.91 Å². The molecule has 1 aliphatic rings. The number of urea groups is 1. The standard InChI is InChI=1S/C17H19N3O3S/c1-23-14-6-4-13(5-7-14)20-11-12(9-16(20)21)19-17(22)18-10-15-3-2-8-24-15/h2-8,12H,9-11H2,1H3,(H2,18,19,22)/t12-/m0/s1. The minimum Gasteiger partial charge on any atom is -0.497 e. The van der Waals surface area contributed by atoms with Gasteiger partial charge in [-0.2, -0.15) is 0 Å². The fraction of sp³-hybridized carbons (Fsp3) is 0.294. The molecule has 3 rings (SSSR count). The summed E-state index contributed by atoms with van der Waals surface area (Å²) in [6.07, 6.45) is 0.304. The van der Waals surface area contributed by atoms with Crippen molar-refractivity contribution in [2.24, 2.45) is 0 Å². The number of methoxy groups -OCH3 is 1. The summed E-state index contributed by atoms with van der Waals surface area (Å²) < 4.78 is 5.12. The van der Waals surface area contributed by atoms with E-state index >= 15 is 0 Å². The molecule has 2 heterocycles. The number of anilines is 1. The second-order valence-electron chi connectivity index (χ2n) is 5.51. The lowest BCUT2D eigenvalue weighted by molar-refractivity contribution is -0.117. The summed E-state index contributed by atoms with van der Waals surface area (Å²) in [5, 5.41) is 7.64. The molecule has 6 nitrogen and oxygen atoms in total. The van der Waals surface area contributed by atoms with E-state index in [1.807, 2.05) is 41.8 Å². The van der Waals surface area contributed by atoms with Crippen molar-refractivity contribution in [3.05, 3.63) is 46.7 Å². The first-order valence-electron chi connectivity index (χ1n) is 7.67. The van der Waals surface area contributed by atoms with Gasteiger partial charge >= 0.3 is 6.03 Å². The lowest BCUT2D eigenvalue weighted by atomic mass is 10.2. The number of carbonyl (C=O) groups excluding carboxylic acids is 2. The van der Waals surface area contributed by atoms with E-state index in [1.165, 1.54) is 0 Å². The van der Waals surface area contributed by atoms with Crippen LogP contribution in [0.1, 0.15) is 11.3 Å². The van der Waals surface area contributed by atoms with E-state index in [2.05, 4.69) is 10.6 Å². The van der Waals surface area contributed by atoms with E-state index in [0.29, 0.717) is 19.5 Å². The van der Waals surface area contributed by atoms with Gasteiger partial charge in [-0.25, -0.2) is 4.79 Å². The molecule has 1 saturated heterocycles. The fourth-order valence-electron chi connectivity index (χ4n) is 2.63. The number of hydrogen-bond acceptors (Lipinski definition) is 4. The van der Waals surface area contributed by atoms with Gasteiger partial charge in [0.25, 0.3) is 0 Å². The van der Waals surface area contributed by atoms with Crippen LogP contribution in [0.5, 0.6) is 5.75 Å². The van der Waals surface area contributed by atoms with Crippen LogP contribution >= 0.6 is 11.3 Å². The molecule has 0 radical (unpaired) electrons. The Kier molecular flexibility index (Phi) is 5.00. The van der Waals surface area contributed by atoms with Gasteiger partial charge in [-0.3, -0.25) is 4.79 Å². The summed E-state index contributed by atoms with van der Waals surface area (Å²) in [5.41, 5.74) is 0.809. The molecule has 0 aliphatic carbocycles. The zero-order valence-corrected chi connectivity index (χ0v) is 14.1. The molecule has 7 heteroatoms. The largest absolute Gasteiger partial charge is 0.497 e. The molecule has 0 spiro atoms. The van der Waals surface area contributed by atoms with E-state index in [-0.39, 0.29) is 18.0 Å². The minimum atomic E-state index is -0.252. The molecule has 0 bridgehead atoms. The third-order valence-electron chi connectivity index (χ3n) is 3.85. The highest BCUT2D eigenvalue weighted by molar-refractivity contribution is 7.09. The van der Waals surface area contributed by atoms with Crippen molar-refractivity contribution >= 4 is 29.0 Å². The Hall–Kier alpha value is -2.54. The Morgan fingerprint density at radius 1 is 1.33 bits per heavy atom. The van der Waals surface area contributed by atoms with Crippen LogP contribution in [0.2, 0.25) is 0 Å². The highest BCUT2D eigenvalue weighted by atomic mass is 32.1. The number of benzene rings is 1. The second-order valence-corrected chi connectivity index (χ2v) is 6.54. The normalized spacial score (nSPS) is 17.0. The number of rotatable bonds is 5. The Morgan fingerprint density at radius 3 is 2.79 bits per heavy atom. The van der Waals surface area contributed by atoms with E-state index in [0.717, 1.165) is 16.3 Å². The maximum Gasteiger partial charge on any atom is 0.315 e. The van der Waals surface area contributed by atoms with Gasteiger partial charge in [0.15, 0.2) is 0 Å². The monoisotopic (exact) mass is 345 g/mol. The zero-order valence-electron chi connectivity index (χ0n) is 13.3. The summed E-state index contributed by atoms with van der Waals surface area (Å²) in [6.45, 7) is 0.962. The molecule has 1 aromatic carbocycles. The van der Waals surface area contributed by atoms with Gasteiger partial charge in [0, 0.05) is 23.5 Å². The van der Waals surface area contributed by atoms with Crippen LogP contribution in [-0.2, 0) is 11.3 Å². The molecule has 3 amide bonds. The lowest BCUT2D eigenvalue weighted by Gasteiger charge is -2.17. The summed E-state index contributed by atoms with van der Waals surface area (Å²) in [6, 6.07) is 10.8. The third kappa shape index (κ3) is 3.86. The van der Waals surface area contributed by atoms with Crippen LogP contribution in [0.25, 0.3) is 0 Å². The Morgan fingerprint density at radius 2 is 2.12 bits per heavy atom. The predicted octanol–water partition coefficient (Wildman–Crippen LogP) is 2.36. The van der Waals surface area contributed by atoms with Crippen molar-refractivity contribution in [2.75, 3.05) is 18.6 Å². The van der Waals surface area contributed by atoms with Crippen molar-refractivity contribution in [1.82, 2.24) is 10.6 Å². The van der Waals surface area contributed by atoms with Gasteiger partial charge in [-0.15, -0.1) is 11.3 Å². The molecule has 0 saturated carbocycles. The molecule has 24 heavy (non-hydrogen) atoms. The van der Waals surface area contributed by atoms with Crippen LogP contribution < -0.4 is 20.3 Å². The van der Waals surface area contributed by atoms with Crippen LogP contribution in [-0.4, -0.2) is 31.6 Å². The number of amides is 3. The number of carbonyl (C=O) groups is 2. The summed E-state index contributed by atoms with van der Waals surface area (Å²) in [4.78, 5) is 26.9. The molecule has 1 fully saturated rings. The Bertz CT molecular complexity index is 700. The van der Waals surface area contributed by atoms with E-state index in [4.69, 9.17) is 4.74 Å². The summed E-state index contributed by atoms with van der Waals surface area (Å²) in [7, 11) is 1.60. The molecule has 1 aliphatic heterocycles. The van der Waals surface area contributed by atoms with Crippen molar-refractivity contribution in [3.63, 3.8) is 0 Å². The molecule has 1 aromatic heterocycles. The number of nitrogens with zero attached hydrogens (tertiary/aromatic N) is 1. The van der Waals surface area contributed by atoms with Gasteiger partial charge in [0.05, 0.1) is 19.7 Å². The lowest BCUT2D eigenvalue weighted by Crippen LogP contribution is -2.43. The number of thiophene rings is 1. The summed E-state index contributed by atoms with van der Waals surface area (Å²) in [5.74, 6) is 0.747. The van der Waals surface area contributed by atoms with Gasteiger partial charge in [-0.05, 0) is 35.7 Å². The van der Waals surface area contributed by atoms with Crippen molar-refractivity contribution in [3.8, 4) is 5.75 Å². The maximum atomic E-state index is 12.2. The topological polar surface area (TPSA) is 70.7 Å². The highest BCUT2D eigenvalue weighted by Crippen LogP contribution is 2.24. The first kappa shape index (κ1) is 16.3. The fourth-order valence-corrected chi connectivity index (χ4v) is 3.28. The molecule has 2 aromatic rings. The van der Waals surface area contributed by atoms with Crippen LogP contribution in [0.3, 0.4) is 0 Å². The van der Waals surface area contributed by atoms with Crippen LogP contribution in [0, 0.1) is 0 Å². The van der Waals surface area contributed by atoms with Crippen LogP contribution in [0.15, 0.2) is 41.8 Å². The second kappa shape index (κ2) is 7.35. The average Bonchev–Trinajstić information content (AvgIpc) is 3.23. The predicted molar refractivity (Wildman–Crippen MR) is 93.4 cm³/mol. The molecular formula is C17H19N3O3S. The Labute approximate surface area is 144 Å².